The van der Waals surface area contributed by atoms with E-state index in [9.17, 15) is 13.8 Å². The van der Waals surface area contributed by atoms with E-state index < -0.39 is 22.9 Å². The molecule has 36 heavy (non-hydrogen) atoms. The molecule has 13 heteroatoms. The lowest BCUT2D eigenvalue weighted by molar-refractivity contribution is -0.116. The second kappa shape index (κ2) is 11.2. The average molecular weight is 586 g/mol. The van der Waals surface area contributed by atoms with Crippen LogP contribution in [0.3, 0.4) is 0 Å². The maximum absolute atomic E-state index is 12.9. The summed E-state index contributed by atoms with van der Waals surface area (Å²) in [4.78, 5) is 25.9. The molecule has 1 atom stereocenters. The molecule has 0 fully saturated rings. The molecule has 8 nitrogen and oxygen atoms in total. The van der Waals surface area contributed by atoms with Crippen LogP contribution in [0.15, 0.2) is 64.6 Å². The van der Waals surface area contributed by atoms with Crippen LogP contribution >= 0.6 is 46.4 Å². The van der Waals surface area contributed by atoms with E-state index in [1.165, 1.54) is 24.3 Å². The van der Waals surface area contributed by atoms with Crippen molar-refractivity contribution in [3.05, 3.63) is 85.8 Å². The van der Waals surface area contributed by atoms with Crippen LogP contribution in [0.2, 0.25) is 20.1 Å². The molecule has 1 aliphatic rings. The van der Waals surface area contributed by atoms with Crippen molar-refractivity contribution in [2.24, 2.45) is 5.10 Å². The smallest absolute Gasteiger partial charge is 0.258 e. The van der Waals surface area contributed by atoms with Crippen LogP contribution in [0, 0.1) is 6.92 Å². The van der Waals surface area contributed by atoms with Crippen LogP contribution in [-0.4, -0.2) is 21.9 Å². The molecule has 4 rings (SSSR count). The number of amides is 2. The van der Waals surface area contributed by atoms with E-state index >= 15 is 0 Å². The number of halogens is 4. The molecule has 0 aromatic heterocycles. The molecular formula is C23H16Cl4N4O4S. The summed E-state index contributed by atoms with van der Waals surface area (Å²) >= 11 is 22.7. The molecule has 0 spiro atoms. The quantitative estimate of drug-likeness (QED) is 0.338. The molecule has 0 saturated heterocycles. The summed E-state index contributed by atoms with van der Waals surface area (Å²) in [7, 11) is 0. The highest BCUT2D eigenvalue weighted by Gasteiger charge is 2.30. The summed E-state index contributed by atoms with van der Waals surface area (Å²) in [5.41, 5.74) is 4.13. The van der Waals surface area contributed by atoms with E-state index in [0.717, 1.165) is 10.6 Å². The van der Waals surface area contributed by atoms with Crippen LogP contribution in [0.4, 0.5) is 11.4 Å². The number of nitrogens with one attached hydrogen (secondary N) is 2. The number of hydrogen-bond donors (Lipinski definition) is 2. The van der Waals surface area contributed by atoms with Gasteiger partial charge in [0.1, 0.15) is 11.5 Å². The second-order valence-corrected chi connectivity index (χ2v) is 10.3. The van der Waals surface area contributed by atoms with Crippen molar-refractivity contribution in [1.29, 1.82) is 0 Å². The number of benzene rings is 3. The number of carbonyl (C=O) groups is 2. The van der Waals surface area contributed by atoms with Gasteiger partial charge >= 0.3 is 0 Å². The van der Waals surface area contributed by atoms with E-state index in [-0.39, 0.29) is 38.6 Å². The molecule has 3 aromatic rings. The van der Waals surface area contributed by atoms with Crippen LogP contribution in [0.1, 0.15) is 22.3 Å². The highest BCUT2D eigenvalue weighted by Crippen LogP contribution is 2.38. The maximum atomic E-state index is 12.9. The third-order valence-electron chi connectivity index (χ3n) is 4.89. The molecule has 186 valence electrons. The van der Waals surface area contributed by atoms with Gasteiger partial charge in [-0.15, -0.1) is 0 Å². The number of hydrazone groups is 1. The molecule has 2 N–H and O–H groups in total. The number of carbonyl (C=O) groups excluding carboxylic acids is 2. The van der Waals surface area contributed by atoms with E-state index in [4.69, 9.17) is 50.7 Å². The van der Waals surface area contributed by atoms with Gasteiger partial charge < -0.3 is 5.32 Å². The molecule has 0 aliphatic carbocycles. The average Bonchev–Trinajstić information content (AvgIpc) is 3.17. The number of anilines is 2. The summed E-state index contributed by atoms with van der Waals surface area (Å²) in [6, 6.07) is 14.3. The van der Waals surface area contributed by atoms with Crippen molar-refractivity contribution >= 4 is 86.5 Å². The Labute approximate surface area is 228 Å². The van der Waals surface area contributed by atoms with Gasteiger partial charge in [-0.1, -0.05) is 64.1 Å². The molecule has 1 aliphatic heterocycles. The minimum absolute atomic E-state index is 0.0678. The summed E-state index contributed by atoms with van der Waals surface area (Å²) in [5.74, 6) is -1.01. The zero-order chi connectivity index (χ0) is 26.0. The molecule has 1 unspecified atom stereocenters. The van der Waals surface area contributed by atoms with Gasteiger partial charge in [0, 0.05) is 5.02 Å². The predicted molar refractivity (Wildman–Crippen MR) is 142 cm³/mol. The van der Waals surface area contributed by atoms with Gasteiger partial charge in [-0.2, -0.15) is 14.4 Å². The van der Waals surface area contributed by atoms with Crippen molar-refractivity contribution in [2.45, 2.75) is 18.2 Å². The van der Waals surface area contributed by atoms with Crippen molar-refractivity contribution in [3.63, 3.8) is 0 Å². The van der Waals surface area contributed by atoms with E-state index in [1.807, 2.05) is 19.1 Å². The fourth-order valence-electron chi connectivity index (χ4n) is 3.16. The van der Waals surface area contributed by atoms with Gasteiger partial charge in [-0.05, 0) is 49.4 Å². The highest BCUT2D eigenvalue weighted by molar-refractivity contribution is 7.80. The Morgan fingerprint density at radius 2 is 1.67 bits per heavy atom. The Hall–Kier alpha value is -2.66. The van der Waals surface area contributed by atoms with E-state index in [1.54, 1.807) is 18.2 Å². The molecular weight excluding hydrogens is 570 g/mol. The van der Waals surface area contributed by atoms with Crippen molar-refractivity contribution in [2.75, 3.05) is 10.5 Å². The number of amidine groups is 1. The molecule has 0 bridgehead atoms. The fourth-order valence-corrected chi connectivity index (χ4v) is 4.96. The Balaban J connectivity index is 1.47. The molecule has 0 saturated carbocycles. The highest BCUT2D eigenvalue weighted by atomic mass is 35.5. The van der Waals surface area contributed by atoms with Crippen LogP contribution in [0.25, 0.3) is 0 Å². The lowest BCUT2D eigenvalue weighted by Gasteiger charge is -2.15. The lowest BCUT2D eigenvalue weighted by atomic mass is 10.2. The van der Waals surface area contributed by atoms with Gasteiger partial charge in [0.25, 0.3) is 11.8 Å². The van der Waals surface area contributed by atoms with Crippen LogP contribution in [-0.2, 0) is 20.2 Å². The van der Waals surface area contributed by atoms with Gasteiger partial charge in [0.05, 0.1) is 37.6 Å². The largest absolute Gasteiger partial charge is 0.308 e. The van der Waals surface area contributed by atoms with Crippen LogP contribution in [0.5, 0.6) is 0 Å². The Kier molecular flexibility index (Phi) is 8.19. The normalized spacial score (nSPS) is 14.0. The Bertz CT molecular complexity index is 1390. The number of hydrogen-bond acceptors (Lipinski definition) is 6. The van der Waals surface area contributed by atoms with E-state index in [0.29, 0.717) is 15.6 Å². The maximum Gasteiger partial charge on any atom is 0.258 e. The van der Waals surface area contributed by atoms with Gasteiger partial charge in [0.15, 0.2) is 0 Å². The lowest BCUT2D eigenvalue weighted by Crippen LogP contribution is -2.30. The molecule has 1 heterocycles. The third-order valence-corrected chi connectivity index (χ3v) is 6.90. The third kappa shape index (κ3) is 6.00. The zero-order valence-corrected chi connectivity index (χ0v) is 22.2. The first-order chi connectivity index (χ1) is 17.1. The summed E-state index contributed by atoms with van der Waals surface area (Å²) in [6.45, 7) is 1.92. The predicted octanol–water partition coefficient (Wildman–Crippen LogP) is 6.16. The summed E-state index contributed by atoms with van der Waals surface area (Å²) < 4.78 is 17.5. The summed E-state index contributed by atoms with van der Waals surface area (Å²) in [6.07, 6.45) is -0.199. The number of rotatable bonds is 6. The van der Waals surface area contributed by atoms with Crippen molar-refractivity contribution in [1.82, 2.24) is 5.32 Å². The number of nitrogens with zero attached hydrogens (tertiary/aromatic N) is 2. The fraction of sp³-hybridized carbons (Fsp3) is 0.0870. The topological polar surface area (TPSA) is 100 Å². The Morgan fingerprint density at radius 3 is 2.33 bits per heavy atom. The SMILES string of the molecule is Cc1ccc(S(=O)ONc2ccc(Cl)c(C(=O)NC3=NN(c4c(Cl)cc(Cl)cc4Cl)C(=O)C3)c2)cc1. The molecule has 0 radical (unpaired) electrons. The monoisotopic (exact) mass is 584 g/mol. The summed E-state index contributed by atoms with van der Waals surface area (Å²) in [5, 5.41) is 8.40. The van der Waals surface area contributed by atoms with Crippen LogP contribution < -0.4 is 15.8 Å². The standard InChI is InChI=1S/C23H16Cl4N4O4S/c1-12-2-5-15(6-3-12)36(34)35-30-14-4-7-17(25)16(10-14)23(33)28-20-11-21(32)31(29-20)22-18(26)8-13(24)9-19(22)27/h2-10,30H,11H2,1H3,(H,28,29,33). The minimum Gasteiger partial charge on any atom is -0.308 e. The molecule has 2 amide bonds. The van der Waals surface area contributed by atoms with Gasteiger partial charge in [-0.3, -0.25) is 15.1 Å². The second-order valence-electron chi connectivity index (χ2n) is 7.53. The minimum atomic E-state index is -1.79. The first kappa shape index (κ1) is 26.4. The first-order valence-corrected chi connectivity index (χ1v) is 12.8. The van der Waals surface area contributed by atoms with Crippen molar-refractivity contribution in [3.8, 4) is 0 Å². The van der Waals surface area contributed by atoms with E-state index in [2.05, 4.69) is 15.9 Å². The Morgan fingerprint density at radius 1 is 1.00 bits per heavy atom. The molecule has 3 aromatic carbocycles. The van der Waals surface area contributed by atoms with Crippen molar-refractivity contribution < 1.29 is 18.1 Å². The van der Waals surface area contributed by atoms with Gasteiger partial charge in [0.2, 0.25) is 11.1 Å². The van der Waals surface area contributed by atoms with Gasteiger partial charge in [-0.25, -0.2) is 4.21 Å². The zero-order valence-electron chi connectivity index (χ0n) is 18.4. The first-order valence-electron chi connectivity index (χ1n) is 10.2. The number of aryl methyl sites for hydroxylation is 1.